The van der Waals surface area contributed by atoms with E-state index in [0.29, 0.717) is 6.42 Å². The smallest absolute Gasteiger partial charge is 0.105 e. The summed E-state index contributed by atoms with van der Waals surface area (Å²) in [5, 5.41) is 4.42. The molecule has 0 saturated heterocycles. The Balaban J connectivity index is 2.22. The van der Waals surface area contributed by atoms with Gasteiger partial charge >= 0.3 is 0 Å². The molecule has 1 unspecified atom stereocenters. The van der Waals surface area contributed by atoms with Gasteiger partial charge in [0.05, 0.1) is 23.7 Å². The maximum atomic E-state index is 5.62. The number of aromatic nitrogens is 2. The summed E-state index contributed by atoms with van der Waals surface area (Å²) < 4.78 is 7.30. The number of nitrogens with two attached hydrogens (primary N) is 1. The maximum Gasteiger partial charge on any atom is 0.105 e. The van der Waals surface area contributed by atoms with Crippen LogP contribution in [0.3, 0.4) is 0 Å². The quantitative estimate of drug-likeness (QED) is 0.608. The Morgan fingerprint density at radius 3 is 3.00 bits per heavy atom. The van der Waals surface area contributed by atoms with E-state index in [0.717, 1.165) is 23.7 Å². The van der Waals surface area contributed by atoms with Crippen LogP contribution in [0.25, 0.3) is 0 Å². The lowest BCUT2D eigenvalue weighted by atomic mass is 10.1. The predicted molar refractivity (Wildman–Crippen MR) is 65.1 cm³/mol. The molecule has 0 aliphatic carbocycles. The van der Waals surface area contributed by atoms with Gasteiger partial charge in [0.1, 0.15) is 5.76 Å². The number of nitrogens with zero attached hydrogens (tertiary/aromatic N) is 2. The third-order valence-electron chi connectivity index (χ3n) is 2.78. The molecule has 0 aromatic carbocycles. The second kappa shape index (κ2) is 5.16. The topological polar surface area (TPSA) is 69.0 Å². The van der Waals surface area contributed by atoms with Crippen LogP contribution in [0.4, 0.5) is 0 Å². The van der Waals surface area contributed by atoms with Crippen LogP contribution in [0.1, 0.15) is 30.1 Å². The van der Waals surface area contributed by atoms with E-state index in [1.807, 2.05) is 23.7 Å². The number of hydrogen-bond donors (Lipinski definition) is 2. The van der Waals surface area contributed by atoms with Crippen molar-refractivity contribution in [3.05, 3.63) is 41.6 Å². The highest BCUT2D eigenvalue weighted by molar-refractivity contribution is 5.15. The maximum absolute atomic E-state index is 5.62. The molecule has 0 amide bonds. The molecule has 5 nitrogen and oxygen atoms in total. The van der Waals surface area contributed by atoms with Crippen molar-refractivity contribution >= 4 is 0 Å². The van der Waals surface area contributed by atoms with Crippen molar-refractivity contribution in [2.24, 2.45) is 5.84 Å². The Hall–Kier alpha value is -1.59. The lowest BCUT2D eigenvalue weighted by Crippen LogP contribution is -2.31. The zero-order valence-electron chi connectivity index (χ0n) is 10.2. The number of aryl methyl sites for hydroxylation is 2. The first-order valence-electron chi connectivity index (χ1n) is 5.77. The molecule has 17 heavy (non-hydrogen) atoms. The predicted octanol–water partition coefficient (Wildman–Crippen LogP) is 1.55. The van der Waals surface area contributed by atoms with Gasteiger partial charge in [-0.15, -0.1) is 0 Å². The van der Waals surface area contributed by atoms with Crippen molar-refractivity contribution in [3.63, 3.8) is 0 Å². The van der Waals surface area contributed by atoms with Gasteiger partial charge in [0.25, 0.3) is 0 Å². The molecule has 0 bridgehead atoms. The molecule has 0 radical (unpaired) electrons. The second-order valence-electron chi connectivity index (χ2n) is 4.03. The van der Waals surface area contributed by atoms with Crippen LogP contribution >= 0.6 is 0 Å². The van der Waals surface area contributed by atoms with E-state index >= 15 is 0 Å². The standard InChI is InChI=1S/C12H18N4O/c1-3-16-12(7-9(2)15-16)11(14-13)8-10-5-4-6-17-10/h4-7,11,14H,3,8,13H2,1-2H3. The highest BCUT2D eigenvalue weighted by Crippen LogP contribution is 2.19. The van der Waals surface area contributed by atoms with Gasteiger partial charge in [0, 0.05) is 13.0 Å². The normalized spacial score (nSPS) is 12.9. The summed E-state index contributed by atoms with van der Waals surface area (Å²) in [5.74, 6) is 6.53. The van der Waals surface area contributed by atoms with E-state index in [9.17, 15) is 0 Å². The molecule has 0 fully saturated rings. The molecule has 2 aromatic heterocycles. The van der Waals surface area contributed by atoms with E-state index < -0.39 is 0 Å². The molecule has 0 saturated carbocycles. The molecular weight excluding hydrogens is 216 g/mol. The van der Waals surface area contributed by atoms with E-state index in [-0.39, 0.29) is 6.04 Å². The number of nitrogens with one attached hydrogen (secondary N) is 1. The van der Waals surface area contributed by atoms with Crippen molar-refractivity contribution in [2.75, 3.05) is 0 Å². The summed E-state index contributed by atoms with van der Waals surface area (Å²) in [4.78, 5) is 0. The largest absolute Gasteiger partial charge is 0.469 e. The molecule has 2 heterocycles. The monoisotopic (exact) mass is 234 g/mol. The van der Waals surface area contributed by atoms with E-state index in [1.54, 1.807) is 6.26 Å². The molecule has 0 aliphatic rings. The first kappa shape index (κ1) is 11.9. The highest BCUT2D eigenvalue weighted by atomic mass is 16.3. The summed E-state index contributed by atoms with van der Waals surface area (Å²) in [6.45, 7) is 4.88. The molecule has 5 heteroatoms. The van der Waals surface area contributed by atoms with E-state index in [4.69, 9.17) is 10.3 Å². The first-order valence-corrected chi connectivity index (χ1v) is 5.77. The summed E-state index contributed by atoms with van der Waals surface area (Å²) >= 11 is 0. The fraction of sp³-hybridized carbons (Fsp3) is 0.417. The van der Waals surface area contributed by atoms with Gasteiger partial charge in [-0.05, 0) is 32.0 Å². The van der Waals surface area contributed by atoms with Crippen molar-refractivity contribution in [3.8, 4) is 0 Å². The minimum atomic E-state index is 0.0160. The van der Waals surface area contributed by atoms with Gasteiger partial charge in [-0.3, -0.25) is 16.0 Å². The van der Waals surface area contributed by atoms with Crippen molar-refractivity contribution in [1.29, 1.82) is 0 Å². The molecule has 1 atom stereocenters. The highest BCUT2D eigenvalue weighted by Gasteiger charge is 2.17. The van der Waals surface area contributed by atoms with Gasteiger partial charge in [-0.1, -0.05) is 0 Å². The van der Waals surface area contributed by atoms with Crippen molar-refractivity contribution in [1.82, 2.24) is 15.2 Å². The number of hydrazine groups is 1. The van der Waals surface area contributed by atoms with Crippen LogP contribution in [-0.2, 0) is 13.0 Å². The van der Waals surface area contributed by atoms with Crippen LogP contribution in [0.2, 0.25) is 0 Å². The molecule has 92 valence electrons. The SMILES string of the molecule is CCn1nc(C)cc1C(Cc1ccco1)NN. The molecule has 0 spiro atoms. The Kier molecular flexibility index (Phi) is 3.61. The number of rotatable bonds is 5. The average molecular weight is 234 g/mol. The lowest BCUT2D eigenvalue weighted by molar-refractivity contribution is 0.433. The van der Waals surface area contributed by atoms with Crippen LogP contribution in [0.15, 0.2) is 28.9 Å². The lowest BCUT2D eigenvalue weighted by Gasteiger charge is -2.15. The fourth-order valence-corrected chi connectivity index (χ4v) is 1.98. The van der Waals surface area contributed by atoms with Gasteiger partial charge < -0.3 is 4.42 Å². The van der Waals surface area contributed by atoms with Gasteiger partial charge in [0.2, 0.25) is 0 Å². The second-order valence-corrected chi connectivity index (χ2v) is 4.03. The Labute approximate surface area is 101 Å². The van der Waals surface area contributed by atoms with Gasteiger partial charge in [-0.25, -0.2) is 0 Å². The van der Waals surface area contributed by atoms with E-state index in [2.05, 4.69) is 23.5 Å². The van der Waals surface area contributed by atoms with Crippen LogP contribution in [0, 0.1) is 6.92 Å². The molecular formula is C12H18N4O. The first-order chi connectivity index (χ1) is 8.24. The Morgan fingerprint density at radius 1 is 1.59 bits per heavy atom. The summed E-state index contributed by atoms with van der Waals surface area (Å²) in [6.07, 6.45) is 2.39. The average Bonchev–Trinajstić information content (AvgIpc) is 2.94. The summed E-state index contributed by atoms with van der Waals surface area (Å²) in [7, 11) is 0. The molecule has 2 rings (SSSR count). The third-order valence-corrected chi connectivity index (χ3v) is 2.78. The van der Waals surface area contributed by atoms with Crippen LogP contribution in [-0.4, -0.2) is 9.78 Å². The molecule has 0 aliphatic heterocycles. The number of hydrogen-bond acceptors (Lipinski definition) is 4. The zero-order valence-corrected chi connectivity index (χ0v) is 10.2. The van der Waals surface area contributed by atoms with Gasteiger partial charge in [-0.2, -0.15) is 5.10 Å². The van der Waals surface area contributed by atoms with Gasteiger partial charge in [0.15, 0.2) is 0 Å². The van der Waals surface area contributed by atoms with Crippen molar-refractivity contribution in [2.45, 2.75) is 32.9 Å². The van der Waals surface area contributed by atoms with Crippen LogP contribution in [0.5, 0.6) is 0 Å². The summed E-state index contributed by atoms with van der Waals surface area (Å²) in [5.41, 5.74) is 4.91. The third kappa shape index (κ3) is 2.57. The minimum absolute atomic E-state index is 0.0160. The van der Waals surface area contributed by atoms with Crippen molar-refractivity contribution < 1.29 is 4.42 Å². The van der Waals surface area contributed by atoms with Crippen LogP contribution < -0.4 is 11.3 Å². The Morgan fingerprint density at radius 2 is 2.41 bits per heavy atom. The Bertz CT molecular complexity index is 461. The molecule has 3 N–H and O–H groups in total. The van der Waals surface area contributed by atoms with E-state index in [1.165, 1.54) is 0 Å². The molecule has 2 aromatic rings. The zero-order chi connectivity index (χ0) is 12.3. The number of furan rings is 1. The minimum Gasteiger partial charge on any atom is -0.469 e. The summed E-state index contributed by atoms with van der Waals surface area (Å²) in [6, 6.07) is 5.90. The fourth-order valence-electron chi connectivity index (χ4n) is 1.98.